The summed E-state index contributed by atoms with van der Waals surface area (Å²) in [5, 5.41) is 9.82. The summed E-state index contributed by atoms with van der Waals surface area (Å²) in [4.78, 5) is 2.05. The van der Waals surface area contributed by atoms with E-state index in [0.717, 1.165) is 12.8 Å². The Morgan fingerprint density at radius 3 is 2.00 bits per heavy atom. The zero-order valence-corrected chi connectivity index (χ0v) is 12.4. The maximum absolute atomic E-state index is 12.9. The third-order valence-electron chi connectivity index (χ3n) is 5.33. The number of alkyl halides is 3. The Morgan fingerprint density at radius 1 is 1.09 bits per heavy atom. The summed E-state index contributed by atoms with van der Waals surface area (Å²) in [6.07, 6.45) is -3.59. The minimum atomic E-state index is -4.56. The molecule has 1 aliphatic heterocycles. The summed E-state index contributed by atoms with van der Waals surface area (Å²) in [7, 11) is 0. The van der Waals surface area contributed by atoms with E-state index in [-0.39, 0.29) is 31.5 Å². The van der Waals surface area contributed by atoms with Gasteiger partial charge in [-0.2, -0.15) is 13.2 Å². The number of piperidine rings is 1. The molecule has 6 heteroatoms. The number of halogens is 3. The van der Waals surface area contributed by atoms with Gasteiger partial charge in [0.2, 0.25) is 0 Å². The van der Waals surface area contributed by atoms with Crippen molar-refractivity contribution >= 4 is 0 Å². The molecule has 1 saturated heterocycles. The largest absolute Gasteiger partial charge is 0.417 e. The maximum Gasteiger partial charge on any atom is 0.417 e. The first-order valence-corrected chi connectivity index (χ1v) is 7.61. The minimum Gasteiger partial charge on any atom is -0.380 e. The molecule has 3 nitrogen and oxygen atoms in total. The number of fused-ring (bicyclic) bond motifs is 1. The Hall–Kier alpha value is -1.11. The normalized spacial score (nSPS) is 24.2. The van der Waals surface area contributed by atoms with Gasteiger partial charge in [-0.05, 0) is 36.8 Å². The number of hydrogen-bond donors (Lipinski definition) is 2. The fourth-order valence-electron chi connectivity index (χ4n) is 3.81. The molecule has 0 unspecified atom stereocenters. The number of likely N-dealkylation sites (tertiary alicyclic amines) is 1. The smallest absolute Gasteiger partial charge is 0.380 e. The van der Waals surface area contributed by atoms with E-state index in [2.05, 4.69) is 12.1 Å². The molecule has 0 bridgehead atoms. The number of benzene rings is 1. The predicted octanol–water partition coefficient (Wildman–Crippen LogP) is 1.87. The Balaban J connectivity index is 1.76. The van der Waals surface area contributed by atoms with Gasteiger partial charge >= 0.3 is 6.18 Å². The number of aliphatic hydroxyl groups is 1. The zero-order valence-electron chi connectivity index (χ0n) is 12.4. The van der Waals surface area contributed by atoms with E-state index in [9.17, 15) is 18.3 Å². The van der Waals surface area contributed by atoms with Crippen LogP contribution in [-0.4, -0.2) is 47.0 Å². The molecular weight excluding hydrogens is 293 g/mol. The van der Waals surface area contributed by atoms with E-state index in [1.807, 2.05) is 17.0 Å². The van der Waals surface area contributed by atoms with E-state index < -0.39 is 11.8 Å². The van der Waals surface area contributed by atoms with Crippen LogP contribution in [0.15, 0.2) is 24.3 Å². The second-order valence-electron chi connectivity index (χ2n) is 6.57. The number of nitrogens with two attached hydrogens (primary N) is 1. The topological polar surface area (TPSA) is 49.5 Å². The van der Waals surface area contributed by atoms with Crippen LogP contribution in [0.5, 0.6) is 0 Å². The van der Waals surface area contributed by atoms with Crippen molar-refractivity contribution in [3.63, 3.8) is 0 Å². The Bertz CT molecular complexity index is 526. The van der Waals surface area contributed by atoms with Crippen molar-refractivity contribution in [1.82, 2.24) is 4.90 Å². The van der Waals surface area contributed by atoms with E-state index in [4.69, 9.17) is 5.73 Å². The van der Waals surface area contributed by atoms with Crippen LogP contribution in [0.1, 0.15) is 24.0 Å². The van der Waals surface area contributed by atoms with Crippen LogP contribution in [0, 0.1) is 0 Å². The summed E-state index contributed by atoms with van der Waals surface area (Å²) in [6, 6.07) is 8.07. The minimum absolute atomic E-state index is 0.223. The van der Waals surface area contributed by atoms with Gasteiger partial charge in [0.05, 0.1) is 0 Å². The van der Waals surface area contributed by atoms with Gasteiger partial charge in [0.15, 0.2) is 5.60 Å². The number of nitrogens with zero attached hydrogens (tertiary/aromatic N) is 1. The maximum atomic E-state index is 12.9. The molecule has 0 spiro atoms. The molecule has 0 atom stereocenters. The molecule has 0 amide bonds. The molecule has 3 N–H and O–H groups in total. The van der Waals surface area contributed by atoms with Gasteiger partial charge in [-0.15, -0.1) is 0 Å². The van der Waals surface area contributed by atoms with Crippen LogP contribution >= 0.6 is 0 Å². The Morgan fingerprint density at radius 2 is 1.59 bits per heavy atom. The van der Waals surface area contributed by atoms with Gasteiger partial charge in [0.25, 0.3) is 0 Å². The van der Waals surface area contributed by atoms with Crippen LogP contribution in [0.25, 0.3) is 0 Å². The molecule has 0 aromatic heterocycles. The molecule has 1 aromatic carbocycles. The second kappa shape index (κ2) is 5.22. The van der Waals surface area contributed by atoms with E-state index >= 15 is 0 Å². The SMILES string of the molecule is NCC1(N2CCC(O)(C(F)(F)F)CC2)Cc2ccccc2C1. The van der Waals surface area contributed by atoms with Gasteiger partial charge in [0, 0.05) is 25.2 Å². The molecule has 1 aromatic rings. The van der Waals surface area contributed by atoms with Crippen molar-refractivity contribution in [3.8, 4) is 0 Å². The molecule has 22 heavy (non-hydrogen) atoms. The van der Waals surface area contributed by atoms with Crippen molar-refractivity contribution in [3.05, 3.63) is 35.4 Å². The third kappa shape index (κ3) is 2.43. The van der Waals surface area contributed by atoms with Gasteiger partial charge in [-0.25, -0.2) is 0 Å². The van der Waals surface area contributed by atoms with Crippen LogP contribution in [-0.2, 0) is 12.8 Å². The molecule has 0 saturated carbocycles. The van der Waals surface area contributed by atoms with Gasteiger partial charge in [-0.3, -0.25) is 4.90 Å². The molecular formula is C16H21F3N2O. The van der Waals surface area contributed by atoms with Gasteiger partial charge < -0.3 is 10.8 Å². The fraction of sp³-hybridized carbons (Fsp3) is 0.625. The molecule has 1 aliphatic carbocycles. The highest BCUT2D eigenvalue weighted by Gasteiger charge is 2.56. The lowest BCUT2D eigenvalue weighted by atomic mass is 9.85. The quantitative estimate of drug-likeness (QED) is 0.876. The summed E-state index contributed by atoms with van der Waals surface area (Å²) in [5.41, 5.74) is 5.60. The van der Waals surface area contributed by atoms with Crippen molar-refractivity contribution < 1.29 is 18.3 Å². The molecule has 1 heterocycles. The Kier molecular flexibility index (Phi) is 3.74. The summed E-state index contributed by atoms with van der Waals surface area (Å²) in [6.45, 7) is 0.856. The first-order chi connectivity index (χ1) is 10.3. The second-order valence-corrected chi connectivity index (χ2v) is 6.57. The lowest BCUT2D eigenvalue weighted by Crippen LogP contribution is -2.62. The van der Waals surface area contributed by atoms with Crippen molar-refractivity contribution in [1.29, 1.82) is 0 Å². The molecule has 1 fully saturated rings. The van der Waals surface area contributed by atoms with Crippen LogP contribution in [0.4, 0.5) is 13.2 Å². The first kappa shape index (κ1) is 15.8. The standard InChI is InChI=1S/C16H21F3N2O/c17-16(18,19)15(22)5-7-21(8-6-15)14(11-20)9-12-3-1-2-4-13(12)10-14/h1-4,22H,5-11,20H2. The molecule has 0 radical (unpaired) electrons. The fourth-order valence-corrected chi connectivity index (χ4v) is 3.81. The predicted molar refractivity (Wildman–Crippen MR) is 77.4 cm³/mol. The van der Waals surface area contributed by atoms with Gasteiger partial charge in [-0.1, -0.05) is 24.3 Å². The number of hydrogen-bond acceptors (Lipinski definition) is 3. The molecule has 3 rings (SSSR count). The highest BCUT2D eigenvalue weighted by Crippen LogP contribution is 2.42. The lowest BCUT2D eigenvalue weighted by Gasteiger charge is -2.47. The van der Waals surface area contributed by atoms with E-state index in [0.29, 0.717) is 6.54 Å². The molecule has 2 aliphatic rings. The summed E-state index contributed by atoms with van der Waals surface area (Å²) in [5.74, 6) is 0. The van der Waals surface area contributed by atoms with Crippen molar-refractivity contribution in [2.24, 2.45) is 5.73 Å². The van der Waals surface area contributed by atoms with E-state index in [1.165, 1.54) is 11.1 Å². The average molecular weight is 314 g/mol. The number of rotatable bonds is 2. The zero-order chi connectivity index (χ0) is 16.0. The van der Waals surface area contributed by atoms with Crippen LogP contribution < -0.4 is 5.73 Å². The van der Waals surface area contributed by atoms with Gasteiger partial charge in [0.1, 0.15) is 0 Å². The Labute approximate surface area is 127 Å². The average Bonchev–Trinajstić information content (AvgIpc) is 2.86. The van der Waals surface area contributed by atoms with Crippen LogP contribution in [0.2, 0.25) is 0 Å². The van der Waals surface area contributed by atoms with E-state index in [1.54, 1.807) is 0 Å². The van der Waals surface area contributed by atoms with Crippen molar-refractivity contribution in [2.75, 3.05) is 19.6 Å². The highest BCUT2D eigenvalue weighted by atomic mass is 19.4. The highest BCUT2D eigenvalue weighted by molar-refractivity contribution is 5.36. The molecule has 122 valence electrons. The van der Waals surface area contributed by atoms with Crippen molar-refractivity contribution in [2.45, 2.75) is 43.0 Å². The monoisotopic (exact) mass is 314 g/mol. The van der Waals surface area contributed by atoms with Crippen LogP contribution in [0.3, 0.4) is 0 Å². The first-order valence-electron chi connectivity index (χ1n) is 7.61. The summed E-state index contributed by atoms with van der Waals surface area (Å²) < 4.78 is 38.8. The lowest BCUT2D eigenvalue weighted by molar-refractivity contribution is -0.275. The third-order valence-corrected chi connectivity index (χ3v) is 5.33. The summed E-state index contributed by atoms with van der Waals surface area (Å²) >= 11 is 0.